The Morgan fingerprint density at radius 2 is 2.19 bits per heavy atom. The van der Waals surface area contributed by atoms with Gasteiger partial charge in [-0.05, 0) is 36.4 Å². The minimum absolute atomic E-state index is 0.291. The molecule has 0 saturated carbocycles. The van der Waals surface area contributed by atoms with E-state index in [-0.39, 0.29) is 5.91 Å². The first-order valence-electron chi connectivity index (χ1n) is 8.59. The number of rotatable bonds is 3. The number of ether oxygens (including phenoxy) is 1. The lowest BCUT2D eigenvalue weighted by molar-refractivity contribution is -0.124. The number of nitrogens with one attached hydrogen (secondary N) is 2. The molecule has 9 nitrogen and oxygen atoms in total. The molecule has 2 aromatic rings. The third-order valence-corrected chi connectivity index (χ3v) is 5.14. The number of primary amides is 1. The van der Waals surface area contributed by atoms with Gasteiger partial charge < -0.3 is 20.7 Å². The standard InChI is InChI=1S/C18H19N5O4/c1-27-13-8-11-10(7-12(13)14(19)24)3-5-20-15(11)23-6-2-4-18(9-23)16(25)21-17(26)22-18/h3,5,7-8H,2,4,6,9H2,1H3,(H2,19,24)(H2,21,22,25,26). The number of piperidine rings is 1. The van der Waals surface area contributed by atoms with Crippen LogP contribution in [0.1, 0.15) is 23.2 Å². The van der Waals surface area contributed by atoms with Crippen LogP contribution in [0, 0.1) is 0 Å². The first-order valence-corrected chi connectivity index (χ1v) is 8.59. The minimum Gasteiger partial charge on any atom is -0.496 e. The molecule has 0 aliphatic carbocycles. The van der Waals surface area contributed by atoms with Gasteiger partial charge in [-0.1, -0.05) is 0 Å². The highest BCUT2D eigenvalue weighted by atomic mass is 16.5. The second-order valence-corrected chi connectivity index (χ2v) is 6.79. The quantitative estimate of drug-likeness (QED) is 0.677. The molecule has 4 rings (SSSR count). The van der Waals surface area contributed by atoms with Gasteiger partial charge in [0, 0.05) is 18.1 Å². The molecule has 1 aromatic carbocycles. The lowest BCUT2D eigenvalue weighted by atomic mass is 9.89. The van der Waals surface area contributed by atoms with Crippen molar-refractivity contribution in [3.63, 3.8) is 0 Å². The molecule has 0 radical (unpaired) electrons. The molecule has 1 aromatic heterocycles. The maximum atomic E-state index is 12.3. The Hall–Kier alpha value is -3.36. The monoisotopic (exact) mass is 369 g/mol. The summed E-state index contributed by atoms with van der Waals surface area (Å²) in [6, 6.07) is 4.72. The van der Waals surface area contributed by atoms with E-state index in [4.69, 9.17) is 10.5 Å². The number of amides is 4. The Balaban J connectivity index is 1.78. The van der Waals surface area contributed by atoms with E-state index in [0.717, 1.165) is 17.2 Å². The highest BCUT2D eigenvalue weighted by Gasteiger charge is 2.49. The molecule has 9 heteroatoms. The summed E-state index contributed by atoms with van der Waals surface area (Å²) in [6.45, 7) is 1.01. The minimum atomic E-state index is -0.948. The molecule has 1 unspecified atom stereocenters. The van der Waals surface area contributed by atoms with E-state index in [9.17, 15) is 14.4 Å². The first kappa shape index (κ1) is 17.1. The SMILES string of the molecule is COc1cc2c(N3CCCC4(C3)NC(=O)NC4=O)nccc2cc1C(N)=O. The van der Waals surface area contributed by atoms with Crippen LogP contribution < -0.4 is 26.0 Å². The number of imide groups is 1. The van der Waals surface area contributed by atoms with Crippen molar-refractivity contribution in [2.75, 3.05) is 25.1 Å². The number of nitrogens with zero attached hydrogens (tertiary/aromatic N) is 2. The predicted molar refractivity (Wildman–Crippen MR) is 97.7 cm³/mol. The van der Waals surface area contributed by atoms with Gasteiger partial charge in [-0.25, -0.2) is 9.78 Å². The van der Waals surface area contributed by atoms with Gasteiger partial charge in [0.1, 0.15) is 17.1 Å². The van der Waals surface area contributed by atoms with Crippen LogP contribution in [-0.4, -0.2) is 48.6 Å². The van der Waals surface area contributed by atoms with Gasteiger partial charge in [0.25, 0.3) is 11.8 Å². The summed E-state index contributed by atoms with van der Waals surface area (Å²) in [4.78, 5) is 42.1. The van der Waals surface area contributed by atoms with Crippen LogP contribution in [0.4, 0.5) is 10.6 Å². The van der Waals surface area contributed by atoms with E-state index in [1.807, 2.05) is 4.90 Å². The molecular weight excluding hydrogens is 350 g/mol. The van der Waals surface area contributed by atoms with Crippen LogP contribution in [0.3, 0.4) is 0 Å². The molecule has 2 saturated heterocycles. The van der Waals surface area contributed by atoms with Gasteiger partial charge in [0.2, 0.25) is 0 Å². The summed E-state index contributed by atoms with van der Waals surface area (Å²) in [7, 11) is 1.47. The van der Waals surface area contributed by atoms with Crippen LogP contribution in [0.25, 0.3) is 10.8 Å². The Morgan fingerprint density at radius 3 is 2.85 bits per heavy atom. The van der Waals surface area contributed by atoms with Crippen molar-refractivity contribution in [2.24, 2.45) is 5.73 Å². The fourth-order valence-corrected chi connectivity index (χ4v) is 3.85. The summed E-state index contributed by atoms with van der Waals surface area (Å²) in [5.74, 6) is 0.137. The van der Waals surface area contributed by atoms with Gasteiger partial charge >= 0.3 is 6.03 Å². The van der Waals surface area contributed by atoms with E-state index in [0.29, 0.717) is 36.6 Å². The van der Waals surface area contributed by atoms with Crippen molar-refractivity contribution in [1.82, 2.24) is 15.6 Å². The molecule has 4 amide bonds. The molecule has 1 spiro atoms. The van der Waals surface area contributed by atoms with Crippen molar-refractivity contribution in [3.8, 4) is 5.75 Å². The fourth-order valence-electron chi connectivity index (χ4n) is 3.85. The normalized spacial score (nSPS) is 22.0. The summed E-state index contributed by atoms with van der Waals surface area (Å²) in [6.07, 6.45) is 2.94. The summed E-state index contributed by atoms with van der Waals surface area (Å²) < 4.78 is 5.31. The second-order valence-electron chi connectivity index (χ2n) is 6.79. The maximum Gasteiger partial charge on any atom is 0.322 e. The van der Waals surface area contributed by atoms with E-state index >= 15 is 0 Å². The Morgan fingerprint density at radius 1 is 1.37 bits per heavy atom. The molecule has 27 heavy (non-hydrogen) atoms. The van der Waals surface area contributed by atoms with Crippen LogP contribution >= 0.6 is 0 Å². The topological polar surface area (TPSA) is 127 Å². The molecule has 2 aliphatic heterocycles. The average molecular weight is 369 g/mol. The number of nitrogens with two attached hydrogens (primary N) is 1. The number of hydrogen-bond acceptors (Lipinski definition) is 6. The third kappa shape index (κ3) is 2.71. The third-order valence-electron chi connectivity index (χ3n) is 5.14. The van der Waals surface area contributed by atoms with Gasteiger partial charge in [-0.3, -0.25) is 14.9 Å². The van der Waals surface area contributed by atoms with Crippen LogP contribution in [0.5, 0.6) is 5.75 Å². The molecule has 140 valence electrons. The largest absolute Gasteiger partial charge is 0.496 e. The van der Waals surface area contributed by atoms with Crippen molar-refractivity contribution in [1.29, 1.82) is 0 Å². The number of methoxy groups -OCH3 is 1. The Bertz CT molecular complexity index is 976. The van der Waals surface area contributed by atoms with Crippen molar-refractivity contribution in [2.45, 2.75) is 18.4 Å². The van der Waals surface area contributed by atoms with Gasteiger partial charge in [-0.15, -0.1) is 0 Å². The number of pyridine rings is 1. The number of urea groups is 1. The molecule has 4 N–H and O–H groups in total. The Labute approximate surface area is 154 Å². The predicted octanol–water partition coefficient (Wildman–Crippen LogP) is 0.521. The number of anilines is 1. The van der Waals surface area contributed by atoms with Crippen molar-refractivity contribution >= 4 is 34.4 Å². The van der Waals surface area contributed by atoms with Crippen LogP contribution in [-0.2, 0) is 4.79 Å². The Kier molecular flexibility index (Phi) is 3.87. The number of aromatic nitrogens is 1. The molecule has 3 heterocycles. The zero-order chi connectivity index (χ0) is 19.2. The number of fused-ring (bicyclic) bond motifs is 1. The lowest BCUT2D eigenvalue weighted by Crippen LogP contribution is -2.58. The van der Waals surface area contributed by atoms with Gasteiger partial charge in [0.15, 0.2) is 0 Å². The lowest BCUT2D eigenvalue weighted by Gasteiger charge is -2.39. The van der Waals surface area contributed by atoms with E-state index in [1.165, 1.54) is 7.11 Å². The van der Waals surface area contributed by atoms with E-state index < -0.39 is 17.5 Å². The highest BCUT2D eigenvalue weighted by Crippen LogP contribution is 2.34. The second kappa shape index (κ2) is 6.11. The fraction of sp³-hybridized carbons (Fsp3) is 0.333. The smallest absolute Gasteiger partial charge is 0.322 e. The molecular formula is C18H19N5O4. The van der Waals surface area contributed by atoms with Gasteiger partial charge in [0.05, 0.1) is 19.2 Å². The maximum absolute atomic E-state index is 12.3. The summed E-state index contributed by atoms with van der Waals surface area (Å²) in [5.41, 5.74) is 4.78. The van der Waals surface area contributed by atoms with Gasteiger partial charge in [-0.2, -0.15) is 0 Å². The summed E-state index contributed by atoms with van der Waals surface area (Å²) >= 11 is 0. The number of hydrogen-bond donors (Lipinski definition) is 3. The average Bonchev–Trinajstić information content (AvgIpc) is 2.92. The van der Waals surface area contributed by atoms with Crippen molar-refractivity contribution < 1.29 is 19.1 Å². The molecule has 2 fully saturated rings. The highest BCUT2D eigenvalue weighted by molar-refractivity contribution is 6.08. The summed E-state index contributed by atoms with van der Waals surface area (Å²) in [5, 5.41) is 6.64. The zero-order valence-corrected chi connectivity index (χ0v) is 14.7. The van der Waals surface area contributed by atoms with Crippen LogP contribution in [0.15, 0.2) is 24.4 Å². The van der Waals surface area contributed by atoms with E-state index in [2.05, 4.69) is 15.6 Å². The number of benzene rings is 1. The zero-order valence-electron chi connectivity index (χ0n) is 14.7. The van der Waals surface area contributed by atoms with Crippen molar-refractivity contribution in [3.05, 3.63) is 30.0 Å². The van der Waals surface area contributed by atoms with Crippen LogP contribution in [0.2, 0.25) is 0 Å². The molecule has 0 bridgehead atoms. The molecule has 1 atom stereocenters. The first-order chi connectivity index (χ1) is 12.9. The number of carbonyl (C=O) groups excluding carboxylic acids is 3. The van der Waals surface area contributed by atoms with E-state index in [1.54, 1.807) is 24.4 Å². The molecule has 2 aliphatic rings. The number of carbonyl (C=O) groups is 3.